The van der Waals surface area contributed by atoms with Crippen LogP contribution in [0, 0.1) is 5.41 Å². The topological polar surface area (TPSA) is 123 Å². The Bertz CT molecular complexity index is 886. The fourth-order valence-electron chi connectivity index (χ4n) is 2.86. The third-order valence-electron chi connectivity index (χ3n) is 4.39. The Morgan fingerprint density at radius 3 is 2.07 bits per heavy atom. The van der Waals surface area contributed by atoms with Crippen LogP contribution in [0.5, 0.6) is 0 Å². The average molecular weight is 400 g/mol. The molecule has 2 aromatic carbocycles. The van der Waals surface area contributed by atoms with Gasteiger partial charge in [-0.1, -0.05) is 0 Å². The summed E-state index contributed by atoms with van der Waals surface area (Å²) in [6, 6.07) is 13.5. The number of benzene rings is 2. The zero-order chi connectivity index (χ0) is 20.3. The Morgan fingerprint density at radius 1 is 1.11 bits per heavy atom. The zero-order valence-electron chi connectivity index (χ0n) is 15.3. The fourth-order valence-corrected chi connectivity index (χ4v) is 3.80. The van der Waals surface area contributed by atoms with E-state index in [0.29, 0.717) is 29.2 Å². The second kappa shape index (κ2) is 8.32. The monoisotopic (exact) mass is 400 g/mol. The van der Waals surface area contributed by atoms with E-state index in [1.165, 1.54) is 7.11 Å². The van der Waals surface area contributed by atoms with Crippen LogP contribution >= 0.6 is 0 Å². The summed E-state index contributed by atoms with van der Waals surface area (Å²) >= 11 is -1.49. The van der Waals surface area contributed by atoms with Gasteiger partial charge in [0.1, 0.15) is 5.84 Å². The number of hydrogen-bond donors (Lipinski definition) is 2. The number of hydrogen-bond acceptors (Lipinski definition) is 5. The Morgan fingerprint density at radius 2 is 1.61 bits per heavy atom. The molecule has 3 N–H and O–H groups in total. The summed E-state index contributed by atoms with van der Waals surface area (Å²) in [4.78, 5) is 27.8. The number of nitrogens with zero attached hydrogens (tertiary/aromatic N) is 2. The average Bonchev–Trinajstić information content (AvgIpc) is 3.09. The fraction of sp³-hybridized carbons (Fsp3) is 0.211. The van der Waals surface area contributed by atoms with Gasteiger partial charge < -0.3 is 15.0 Å². The largest absolute Gasteiger partial charge is 0.611 e. The highest BCUT2D eigenvalue weighted by Crippen LogP contribution is 2.26. The first-order valence-corrected chi connectivity index (χ1v) is 9.81. The number of amidine groups is 1. The van der Waals surface area contributed by atoms with Gasteiger partial charge in [-0.2, -0.15) is 0 Å². The highest BCUT2D eigenvalue weighted by atomic mass is 32.2. The van der Waals surface area contributed by atoms with Gasteiger partial charge in [0.15, 0.2) is 4.90 Å². The van der Waals surface area contributed by atoms with Crippen LogP contribution in [0.1, 0.15) is 5.56 Å². The molecule has 9 heteroatoms. The number of nitrogen functional groups attached to an aromatic ring is 1. The van der Waals surface area contributed by atoms with E-state index in [-0.39, 0.29) is 17.6 Å². The van der Waals surface area contributed by atoms with E-state index in [0.717, 1.165) is 5.69 Å². The number of carbonyl (C=O) groups excluding carboxylic acids is 2. The SMILES string of the molecule is COC(=O)C[S+]([O-])c1ccc(N2CCN(c3ccc(C(=N)N)cc3)C2=O)cc1. The van der Waals surface area contributed by atoms with Crippen LogP contribution in [0.4, 0.5) is 16.2 Å². The van der Waals surface area contributed by atoms with Gasteiger partial charge in [0, 0.05) is 30.0 Å². The van der Waals surface area contributed by atoms with E-state index in [2.05, 4.69) is 4.74 Å². The van der Waals surface area contributed by atoms with Crippen molar-refractivity contribution in [2.75, 3.05) is 35.8 Å². The maximum absolute atomic E-state index is 12.8. The lowest BCUT2D eigenvalue weighted by molar-refractivity contribution is -0.137. The maximum atomic E-state index is 12.8. The van der Waals surface area contributed by atoms with Crippen molar-refractivity contribution in [3.8, 4) is 0 Å². The molecular formula is C19H20N4O4S. The number of ether oxygens (including phenoxy) is 1. The van der Waals surface area contributed by atoms with E-state index in [1.54, 1.807) is 58.3 Å². The summed E-state index contributed by atoms with van der Waals surface area (Å²) in [5.41, 5.74) is 7.47. The zero-order valence-corrected chi connectivity index (χ0v) is 16.1. The number of carbonyl (C=O) groups is 2. The van der Waals surface area contributed by atoms with Crippen molar-refractivity contribution >= 4 is 40.4 Å². The van der Waals surface area contributed by atoms with Crippen LogP contribution in [0.25, 0.3) is 0 Å². The van der Waals surface area contributed by atoms with Crippen molar-refractivity contribution in [1.82, 2.24) is 0 Å². The van der Waals surface area contributed by atoms with Crippen LogP contribution in [-0.2, 0) is 20.7 Å². The van der Waals surface area contributed by atoms with Gasteiger partial charge in [-0.05, 0) is 59.7 Å². The van der Waals surface area contributed by atoms with Crippen LogP contribution in [0.15, 0.2) is 53.4 Å². The van der Waals surface area contributed by atoms with Crippen LogP contribution in [-0.4, -0.2) is 48.3 Å². The number of methoxy groups -OCH3 is 1. The highest BCUT2D eigenvalue weighted by Gasteiger charge is 2.31. The number of esters is 1. The molecule has 1 unspecified atom stereocenters. The van der Waals surface area contributed by atoms with Gasteiger partial charge in [-0.15, -0.1) is 0 Å². The Hall–Kier alpha value is -3.04. The number of nitrogens with one attached hydrogen (secondary N) is 1. The second-order valence-electron chi connectivity index (χ2n) is 6.11. The van der Waals surface area contributed by atoms with E-state index in [9.17, 15) is 14.1 Å². The third-order valence-corrected chi connectivity index (χ3v) is 5.68. The number of urea groups is 1. The summed E-state index contributed by atoms with van der Waals surface area (Å²) in [7, 11) is 1.25. The normalized spacial score (nSPS) is 14.9. The molecule has 1 heterocycles. The molecule has 0 aromatic heterocycles. The summed E-state index contributed by atoms with van der Waals surface area (Å²) in [6.45, 7) is 1.03. The lowest BCUT2D eigenvalue weighted by Crippen LogP contribution is -2.31. The minimum absolute atomic E-state index is 0.0226. The molecule has 1 aliphatic heterocycles. The molecule has 0 radical (unpaired) electrons. The van der Waals surface area contributed by atoms with E-state index in [4.69, 9.17) is 11.1 Å². The molecule has 1 saturated heterocycles. The minimum Gasteiger partial charge on any atom is -0.611 e. The molecule has 28 heavy (non-hydrogen) atoms. The van der Waals surface area contributed by atoms with Crippen molar-refractivity contribution in [3.63, 3.8) is 0 Å². The van der Waals surface area contributed by atoms with Crippen molar-refractivity contribution < 1.29 is 18.9 Å². The Kier molecular flexibility index (Phi) is 5.86. The summed E-state index contributed by atoms with van der Waals surface area (Å²) in [6.07, 6.45) is 0. The van der Waals surface area contributed by atoms with Gasteiger partial charge in [0.25, 0.3) is 0 Å². The molecule has 1 atom stereocenters. The lowest BCUT2D eigenvalue weighted by atomic mass is 10.2. The van der Waals surface area contributed by atoms with Crippen LogP contribution < -0.4 is 15.5 Å². The Balaban J connectivity index is 1.70. The predicted octanol–water partition coefficient (Wildman–Crippen LogP) is 1.70. The number of anilines is 2. The van der Waals surface area contributed by atoms with Gasteiger partial charge in [0.2, 0.25) is 5.75 Å². The molecule has 146 valence electrons. The van der Waals surface area contributed by atoms with Crippen LogP contribution in [0.3, 0.4) is 0 Å². The van der Waals surface area contributed by atoms with Crippen LogP contribution in [0.2, 0.25) is 0 Å². The summed E-state index contributed by atoms with van der Waals surface area (Å²) in [5, 5.41) is 7.44. The number of amides is 2. The Labute approximate surface area is 165 Å². The van der Waals surface area contributed by atoms with E-state index in [1.807, 2.05) is 0 Å². The van der Waals surface area contributed by atoms with Gasteiger partial charge >= 0.3 is 12.0 Å². The molecule has 0 aliphatic carbocycles. The minimum atomic E-state index is -1.49. The molecule has 8 nitrogen and oxygen atoms in total. The molecule has 1 fully saturated rings. The highest BCUT2D eigenvalue weighted by molar-refractivity contribution is 7.92. The lowest BCUT2D eigenvalue weighted by Gasteiger charge is -2.19. The molecule has 2 amide bonds. The first kappa shape index (κ1) is 19.7. The summed E-state index contributed by atoms with van der Waals surface area (Å²) < 4.78 is 16.6. The summed E-state index contributed by atoms with van der Waals surface area (Å²) in [5.74, 6) is -0.767. The quantitative estimate of drug-likeness (QED) is 0.331. The van der Waals surface area contributed by atoms with E-state index < -0.39 is 17.1 Å². The maximum Gasteiger partial charge on any atom is 0.356 e. The van der Waals surface area contributed by atoms with Gasteiger partial charge in [-0.3, -0.25) is 15.2 Å². The standard InChI is InChI=1S/C19H20N4O4S/c1-27-17(24)12-28(26)16-8-6-15(7-9-16)23-11-10-22(19(23)25)14-4-2-13(3-5-14)18(20)21/h2-9H,10-12H2,1H3,(H3,20,21). The van der Waals surface area contributed by atoms with Crippen molar-refractivity contribution in [2.24, 2.45) is 5.73 Å². The number of nitrogens with two attached hydrogens (primary N) is 1. The predicted molar refractivity (Wildman–Crippen MR) is 107 cm³/mol. The van der Waals surface area contributed by atoms with Crippen molar-refractivity contribution in [1.29, 1.82) is 5.41 Å². The molecule has 1 aliphatic rings. The first-order chi connectivity index (χ1) is 13.4. The van der Waals surface area contributed by atoms with Gasteiger partial charge in [0.05, 0.1) is 7.11 Å². The molecule has 2 aromatic rings. The molecule has 0 bridgehead atoms. The van der Waals surface area contributed by atoms with E-state index >= 15 is 0 Å². The van der Waals surface area contributed by atoms with Crippen molar-refractivity contribution in [2.45, 2.75) is 4.90 Å². The molecule has 0 saturated carbocycles. The third kappa shape index (κ3) is 4.10. The number of rotatable bonds is 6. The smallest absolute Gasteiger partial charge is 0.356 e. The second-order valence-corrected chi connectivity index (χ2v) is 7.56. The van der Waals surface area contributed by atoms with Crippen molar-refractivity contribution in [3.05, 3.63) is 54.1 Å². The first-order valence-electron chi connectivity index (χ1n) is 8.49. The molecular weight excluding hydrogens is 380 g/mol. The molecule has 0 spiro atoms. The van der Waals surface area contributed by atoms with Gasteiger partial charge in [-0.25, -0.2) is 9.59 Å². The molecule has 3 rings (SSSR count).